The lowest BCUT2D eigenvalue weighted by Gasteiger charge is -2.21. The number of nitrogens with one attached hydrogen (secondary N) is 2. The smallest absolute Gasteiger partial charge is 0.394 e. The molecule has 1 aromatic carbocycles. The summed E-state index contributed by atoms with van der Waals surface area (Å²) in [6.07, 6.45) is -4.65. The minimum Gasteiger partial charge on any atom is -0.394 e. The van der Waals surface area contributed by atoms with Crippen molar-refractivity contribution in [1.29, 1.82) is 0 Å². The molecule has 0 unspecified atom stereocenters. The van der Waals surface area contributed by atoms with Crippen molar-refractivity contribution < 1.29 is 18.3 Å². The highest BCUT2D eigenvalue weighted by atomic mass is 35.5. The van der Waals surface area contributed by atoms with Gasteiger partial charge in [-0.15, -0.1) is 0 Å². The van der Waals surface area contributed by atoms with Crippen molar-refractivity contribution in [2.45, 2.75) is 26.1 Å². The van der Waals surface area contributed by atoms with Crippen LogP contribution < -0.4 is 10.6 Å². The quantitative estimate of drug-likeness (QED) is 0.628. The Morgan fingerprint density at radius 1 is 1.12 bits per heavy atom. The van der Waals surface area contributed by atoms with E-state index >= 15 is 0 Å². The number of hydrogen-bond donors (Lipinski definition) is 3. The first kappa shape index (κ1) is 20.5. The molecule has 1 aromatic heterocycles. The normalized spacial score (nSPS) is 13.0. The second kappa shape index (κ2) is 8.28. The third kappa shape index (κ3) is 5.36. The molecule has 0 saturated heterocycles. The summed E-state index contributed by atoms with van der Waals surface area (Å²) < 4.78 is 39.4. The van der Waals surface area contributed by atoms with Crippen LogP contribution in [0.2, 0.25) is 10.0 Å². The average Bonchev–Trinajstić information content (AvgIpc) is 2.55. The van der Waals surface area contributed by atoms with Crippen LogP contribution in [0.5, 0.6) is 0 Å². The van der Waals surface area contributed by atoms with E-state index in [-0.39, 0.29) is 29.3 Å². The van der Waals surface area contributed by atoms with Crippen molar-refractivity contribution in [3.8, 4) is 0 Å². The minimum atomic E-state index is -4.65. The monoisotopic (exact) mass is 408 g/mol. The number of hydrogen-bond acceptors (Lipinski definition) is 5. The molecule has 0 aliphatic rings. The van der Waals surface area contributed by atoms with Crippen molar-refractivity contribution >= 4 is 40.7 Å². The van der Waals surface area contributed by atoms with Crippen molar-refractivity contribution in [2.75, 3.05) is 17.2 Å². The standard InChI is InChI=1S/C16H17Cl2F3N4O/c1-8(2)12(7-26)23-15-24-13(16(19,20)21)6-14(25-15)22-9-3-4-10(17)11(18)5-9/h3-6,8,12,26H,7H2,1-2H3,(H2,22,23,24,25)/t12-/m0/s1. The molecule has 0 aliphatic carbocycles. The van der Waals surface area contributed by atoms with E-state index < -0.39 is 17.9 Å². The van der Waals surface area contributed by atoms with Gasteiger partial charge in [0.05, 0.1) is 22.7 Å². The largest absolute Gasteiger partial charge is 0.433 e. The fourth-order valence-corrected chi connectivity index (χ4v) is 2.33. The minimum absolute atomic E-state index is 0.0374. The summed E-state index contributed by atoms with van der Waals surface area (Å²) in [5.74, 6) is -0.353. The highest BCUT2D eigenvalue weighted by molar-refractivity contribution is 6.42. The molecule has 0 amide bonds. The maximum absolute atomic E-state index is 13.1. The number of halogens is 5. The van der Waals surface area contributed by atoms with Gasteiger partial charge in [0, 0.05) is 11.8 Å². The number of nitrogens with zero attached hydrogens (tertiary/aromatic N) is 2. The highest BCUT2D eigenvalue weighted by Crippen LogP contribution is 2.32. The predicted octanol–water partition coefficient (Wildman–Crippen LogP) is 4.97. The maximum atomic E-state index is 13.1. The van der Waals surface area contributed by atoms with Gasteiger partial charge in [0.15, 0.2) is 5.69 Å². The molecule has 142 valence electrons. The van der Waals surface area contributed by atoms with Crippen LogP contribution in [0.25, 0.3) is 0 Å². The Balaban J connectivity index is 2.38. The molecule has 0 aliphatic heterocycles. The first-order chi connectivity index (χ1) is 12.1. The fourth-order valence-electron chi connectivity index (χ4n) is 2.03. The van der Waals surface area contributed by atoms with Gasteiger partial charge in [0.25, 0.3) is 0 Å². The molecule has 10 heteroatoms. The molecule has 0 bridgehead atoms. The molecule has 0 fully saturated rings. The third-order valence-electron chi connectivity index (χ3n) is 3.52. The lowest BCUT2D eigenvalue weighted by Crippen LogP contribution is -2.30. The Morgan fingerprint density at radius 3 is 2.35 bits per heavy atom. The topological polar surface area (TPSA) is 70.1 Å². The van der Waals surface area contributed by atoms with Gasteiger partial charge in [-0.25, -0.2) is 4.98 Å². The lowest BCUT2D eigenvalue weighted by molar-refractivity contribution is -0.141. The number of benzene rings is 1. The number of alkyl halides is 3. The Hall–Kier alpha value is -1.77. The van der Waals surface area contributed by atoms with Gasteiger partial charge in [-0.2, -0.15) is 18.2 Å². The number of anilines is 3. The van der Waals surface area contributed by atoms with Crippen LogP contribution in [0.4, 0.5) is 30.6 Å². The van der Waals surface area contributed by atoms with Gasteiger partial charge in [0.1, 0.15) is 5.82 Å². The summed E-state index contributed by atoms with van der Waals surface area (Å²) in [5.41, 5.74) is -0.697. The van der Waals surface area contributed by atoms with E-state index in [9.17, 15) is 18.3 Å². The summed E-state index contributed by atoms with van der Waals surface area (Å²) in [4.78, 5) is 7.55. The van der Waals surface area contributed by atoms with Crippen molar-refractivity contribution in [2.24, 2.45) is 5.92 Å². The molecule has 26 heavy (non-hydrogen) atoms. The molecule has 0 saturated carbocycles. The molecule has 3 N–H and O–H groups in total. The zero-order valence-corrected chi connectivity index (χ0v) is 15.4. The molecule has 5 nitrogen and oxygen atoms in total. The van der Waals surface area contributed by atoms with E-state index in [0.29, 0.717) is 10.7 Å². The molecular weight excluding hydrogens is 392 g/mol. The summed E-state index contributed by atoms with van der Waals surface area (Å²) in [7, 11) is 0. The van der Waals surface area contributed by atoms with Gasteiger partial charge in [0.2, 0.25) is 5.95 Å². The Morgan fingerprint density at radius 2 is 1.81 bits per heavy atom. The maximum Gasteiger partial charge on any atom is 0.433 e. The van der Waals surface area contributed by atoms with Crippen molar-refractivity contribution in [3.63, 3.8) is 0 Å². The van der Waals surface area contributed by atoms with Gasteiger partial charge in [-0.3, -0.25) is 0 Å². The summed E-state index contributed by atoms with van der Waals surface area (Å²) in [5, 5.41) is 15.4. The zero-order chi connectivity index (χ0) is 19.5. The summed E-state index contributed by atoms with van der Waals surface area (Å²) in [6, 6.07) is 4.84. The van der Waals surface area contributed by atoms with Gasteiger partial charge in [-0.05, 0) is 24.1 Å². The summed E-state index contributed by atoms with van der Waals surface area (Å²) >= 11 is 11.7. The first-order valence-corrected chi connectivity index (χ1v) is 8.41. The second-order valence-corrected chi connectivity index (χ2v) is 6.71. The molecular formula is C16H17Cl2F3N4O. The van der Waals surface area contributed by atoms with E-state index in [1.165, 1.54) is 12.1 Å². The number of aliphatic hydroxyl groups excluding tert-OH is 1. The number of aromatic nitrogens is 2. The molecule has 2 rings (SSSR count). The van der Waals surface area contributed by atoms with E-state index in [1.54, 1.807) is 6.07 Å². The molecule has 1 atom stereocenters. The Bertz CT molecular complexity index is 772. The lowest BCUT2D eigenvalue weighted by atomic mass is 10.1. The highest BCUT2D eigenvalue weighted by Gasteiger charge is 2.34. The summed E-state index contributed by atoms with van der Waals surface area (Å²) in [6.45, 7) is 3.36. The van der Waals surface area contributed by atoms with Gasteiger partial charge < -0.3 is 15.7 Å². The Labute approximate surface area is 158 Å². The zero-order valence-electron chi connectivity index (χ0n) is 13.9. The molecule has 0 radical (unpaired) electrons. The fraction of sp³-hybridized carbons (Fsp3) is 0.375. The van der Waals surface area contributed by atoms with E-state index in [1.807, 2.05) is 13.8 Å². The van der Waals surface area contributed by atoms with E-state index in [2.05, 4.69) is 20.6 Å². The predicted molar refractivity (Wildman–Crippen MR) is 96.1 cm³/mol. The van der Waals surface area contributed by atoms with Crippen molar-refractivity contribution in [3.05, 3.63) is 40.0 Å². The van der Waals surface area contributed by atoms with Crippen LogP contribution in [0.1, 0.15) is 19.5 Å². The first-order valence-electron chi connectivity index (χ1n) is 7.66. The van der Waals surface area contributed by atoms with Crippen molar-refractivity contribution in [1.82, 2.24) is 9.97 Å². The van der Waals surface area contributed by atoms with Crippen LogP contribution in [0.3, 0.4) is 0 Å². The van der Waals surface area contributed by atoms with Crippen LogP contribution in [0, 0.1) is 5.92 Å². The Kier molecular flexibility index (Phi) is 6.54. The average molecular weight is 409 g/mol. The number of aliphatic hydroxyl groups is 1. The second-order valence-electron chi connectivity index (χ2n) is 5.89. The van der Waals surface area contributed by atoms with Gasteiger partial charge in [-0.1, -0.05) is 37.0 Å². The number of rotatable bonds is 6. The third-order valence-corrected chi connectivity index (χ3v) is 4.26. The SMILES string of the molecule is CC(C)[C@H](CO)Nc1nc(Nc2ccc(Cl)c(Cl)c2)cc(C(F)(F)F)n1. The molecule has 2 aromatic rings. The van der Waals surface area contributed by atoms with Crippen LogP contribution in [-0.2, 0) is 6.18 Å². The molecule has 0 spiro atoms. The van der Waals surface area contributed by atoms with Crippen LogP contribution in [0.15, 0.2) is 24.3 Å². The van der Waals surface area contributed by atoms with Crippen LogP contribution in [-0.4, -0.2) is 27.7 Å². The van der Waals surface area contributed by atoms with E-state index in [4.69, 9.17) is 23.2 Å². The van der Waals surface area contributed by atoms with E-state index in [0.717, 1.165) is 6.07 Å². The molecule has 1 heterocycles. The van der Waals surface area contributed by atoms with Gasteiger partial charge >= 0.3 is 6.18 Å². The van der Waals surface area contributed by atoms with Crippen LogP contribution >= 0.6 is 23.2 Å².